The maximum absolute atomic E-state index is 8.83. The Morgan fingerprint density at radius 1 is 1.70 bits per heavy atom. The van der Waals surface area contributed by atoms with Crippen molar-refractivity contribution in [3.63, 3.8) is 0 Å². The number of thiocarbonyl (C=S) groups is 1. The molecule has 3 nitrogen and oxygen atoms in total. The van der Waals surface area contributed by atoms with Crippen LogP contribution in [0.2, 0.25) is 0 Å². The van der Waals surface area contributed by atoms with Crippen molar-refractivity contribution in [1.29, 1.82) is 0 Å². The van der Waals surface area contributed by atoms with Crippen molar-refractivity contribution in [2.24, 2.45) is 0 Å². The van der Waals surface area contributed by atoms with Crippen molar-refractivity contribution in [1.82, 2.24) is 10.6 Å². The van der Waals surface area contributed by atoms with Crippen LogP contribution < -0.4 is 10.6 Å². The summed E-state index contributed by atoms with van der Waals surface area (Å²) in [6.45, 7) is 2.47. The van der Waals surface area contributed by atoms with Gasteiger partial charge in [0.15, 0.2) is 5.11 Å². The molecule has 0 aliphatic rings. The second-order valence-electron chi connectivity index (χ2n) is 2.14. The van der Waals surface area contributed by atoms with Crippen molar-refractivity contribution in [3.8, 4) is 0 Å². The molecular formula is C6H14N2OS. The molecule has 0 bridgehead atoms. The van der Waals surface area contributed by atoms with Crippen LogP contribution in [0.5, 0.6) is 0 Å². The van der Waals surface area contributed by atoms with Crippen molar-refractivity contribution >= 4 is 17.3 Å². The van der Waals surface area contributed by atoms with Crippen LogP contribution in [0.3, 0.4) is 0 Å². The SMILES string of the molecule is CNC(=S)NCC[C@H](C)O. The van der Waals surface area contributed by atoms with E-state index in [1.807, 2.05) is 0 Å². The van der Waals surface area contributed by atoms with Crippen LogP contribution in [0.15, 0.2) is 0 Å². The lowest BCUT2D eigenvalue weighted by atomic mass is 10.3. The first-order valence-corrected chi connectivity index (χ1v) is 3.71. The first-order valence-electron chi connectivity index (χ1n) is 3.30. The number of hydrogen-bond donors (Lipinski definition) is 3. The van der Waals surface area contributed by atoms with Gasteiger partial charge in [-0.05, 0) is 25.6 Å². The highest BCUT2D eigenvalue weighted by molar-refractivity contribution is 7.80. The van der Waals surface area contributed by atoms with Crippen LogP contribution in [0.4, 0.5) is 0 Å². The van der Waals surface area contributed by atoms with Crippen molar-refractivity contribution < 1.29 is 5.11 Å². The van der Waals surface area contributed by atoms with E-state index in [1.165, 1.54) is 0 Å². The summed E-state index contributed by atoms with van der Waals surface area (Å²) in [5, 5.41) is 15.2. The van der Waals surface area contributed by atoms with Gasteiger partial charge in [0.2, 0.25) is 0 Å². The number of aliphatic hydroxyl groups excluding tert-OH is 1. The quantitative estimate of drug-likeness (QED) is 0.505. The van der Waals surface area contributed by atoms with Crippen LogP contribution in [0.1, 0.15) is 13.3 Å². The average molecular weight is 162 g/mol. The fourth-order valence-corrected chi connectivity index (χ4v) is 0.585. The third kappa shape index (κ3) is 5.78. The minimum Gasteiger partial charge on any atom is -0.393 e. The lowest BCUT2D eigenvalue weighted by Crippen LogP contribution is -2.33. The molecule has 3 N–H and O–H groups in total. The lowest BCUT2D eigenvalue weighted by Gasteiger charge is -2.07. The van der Waals surface area contributed by atoms with Crippen molar-refractivity contribution in [2.75, 3.05) is 13.6 Å². The van der Waals surface area contributed by atoms with Gasteiger partial charge in [0.1, 0.15) is 0 Å². The Hall–Kier alpha value is -0.350. The van der Waals surface area contributed by atoms with Crippen LogP contribution in [-0.4, -0.2) is 29.9 Å². The van der Waals surface area contributed by atoms with E-state index < -0.39 is 0 Å². The first kappa shape index (κ1) is 9.65. The number of rotatable bonds is 3. The Morgan fingerprint density at radius 3 is 2.70 bits per heavy atom. The fourth-order valence-electron chi connectivity index (χ4n) is 0.483. The highest BCUT2D eigenvalue weighted by Gasteiger charge is 1.94. The predicted molar refractivity (Wildman–Crippen MR) is 46.0 cm³/mol. The molecule has 0 aromatic rings. The standard InChI is InChI=1S/C6H14N2OS/c1-5(9)3-4-8-6(10)7-2/h5,9H,3-4H2,1-2H3,(H2,7,8,10)/t5-/m0/s1. The third-order valence-electron chi connectivity index (χ3n) is 1.07. The summed E-state index contributed by atoms with van der Waals surface area (Å²) in [4.78, 5) is 0. The molecule has 0 heterocycles. The molecule has 0 unspecified atom stereocenters. The summed E-state index contributed by atoms with van der Waals surface area (Å²) in [6, 6.07) is 0. The molecule has 0 spiro atoms. The predicted octanol–water partition coefficient (Wildman–Crippen LogP) is -0.149. The maximum atomic E-state index is 8.83. The third-order valence-corrected chi connectivity index (χ3v) is 1.42. The van der Waals surface area contributed by atoms with E-state index in [-0.39, 0.29) is 6.10 Å². The zero-order valence-corrected chi connectivity index (χ0v) is 7.16. The molecule has 1 atom stereocenters. The minimum atomic E-state index is -0.257. The second kappa shape index (κ2) is 5.44. The molecular weight excluding hydrogens is 148 g/mol. The van der Waals surface area contributed by atoms with E-state index in [1.54, 1.807) is 14.0 Å². The lowest BCUT2D eigenvalue weighted by molar-refractivity contribution is 0.186. The molecule has 0 aromatic heterocycles. The molecule has 0 radical (unpaired) electrons. The van der Waals surface area contributed by atoms with Gasteiger partial charge in [-0.3, -0.25) is 0 Å². The van der Waals surface area contributed by atoms with Gasteiger partial charge in [-0.2, -0.15) is 0 Å². The summed E-state index contributed by atoms with van der Waals surface area (Å²) in [5.41, 5.74) is 0. The van der Waals surface area contributed by atoms with Gasteiger partial charge in [0, 0.05) is 13.6 Å². The first-order chi connectivity index (χ1) is 4.66. The van der Waals surface area contributed by atoms with E-state index in [0.717, 1.165) is 13.0 Å². The number of aliphatic hydroxyl groups is 1. The molecule has 0 aliphatic heterocycles. The van der Waals surface area contributed by atoms with Gasteiger partial charge in [-0.25, -0.2) is 0 Å². The average Bonchev–Trinajstić information content (AvgIpc) is 1.87. The smallest absolute Gasteiger partial charge is 0.166 e. The van der Waals surface area contributed by atoms with Gasteiger partial charge in [-0.15, -0.1) is 0 Å². The summed E-state index contributed by atoms with van der Waals surface area (Å²) in [6.07, 6.45) is 0.467. The van der Waals surface area contributed by atoms with E-state index in [9.17, 15) is 0 Å². The molecule has 0 saturated heterocycles. The van der Waals surface area contributed by atoms with Gasteiger partial charge < -0.3 is 15.7 Å². The minimum absolute atomic E-state index is 0.257. The Kier molecular flexibility index (Phi) is 5.25. The Labute approximate surface area is 66.8 Å². The largest absolute Gasteiger partial charge is 0.393 e. The maximum Gasteiger partial charge on any atom is 0.166 e. The molecule has 0 rings (SSSR count). The molecule has 0 aliphatic carbocycles. The Bertz CT molecular complexity index is 106. The molecule has 60 valence electrons. The fraction of sp³-hybridized carbons (Fsp3) is 0.833. The van der Waals surface area contributed by atoms with Crippen molar-refractivity contribution in [2.45, 2.75) is 19.4 Å². The zero-order chi connectivity index (χ0) is 7.98. The van der Waals surface area contributed by atoms with Gasteiger partial charge in [-0.1, -0.05) is 0 Å². The summed E-state index contributed by atoms with van der Waals surface area (Å²) in [7, 11) is 1.76. The summed E-state index contributed by atoms with van der Waals surface area (Å²) < 4.78 is 0. The normalized spacial score (nSPS) is 12.3. The molecule has 0 amide bonds. The van der Waals surface area contributed by atoms with Gasteiger partial charge in [0.05, 0.1) is 6.10 Å². The highest BCUT2D eigenvalue weighted by Crippen LogP contribution is 1.84. The van der Waals surface area contributed by atoms with Gasteiger partial charge >= 0.3 is 0 Å². The molecule has 0 aromatic carbocycles. The molecule has 10 heavy (non-hydrogen) atoms. The number of nitrogens with one attached hydrogen (secondary N) is 2. The van der Waals surface area contributed by atoms with Crippen molar-refractivity contribution in [3.05, 3.63) is 0 Å². The van der Waals surface area contributed by atoms with E-state index in [4.69, 9.17) is 17.3 Å². The van der Waals surface area contributed by atoms with Gasteiger partial charge in [0.25, 0.3) is 0 Å². The Morgan fingerprint density at radius 2 is 2.30 bits per heavy atom. The highest BCUT2D eigenvalue weighted by atomic mass is 32.1. The van der Waals surface area contributed by atoms with E-state index in [2.05, 4.69) is 10.6 Å². The topological polar surface area (TPSA) is 44.3 Å². The van der Waals surface area contributed by atoms with Crippen LogP contribution >= 0.6 is 12.2 Å². The molecule has 0 saturated carbocycles. The molecule has 0 fully saturated rings. The molecule has 4 heteroatoms. The second-order valence-corrected chi connectivity index (χ2v) is 2.55. The zero-order valence-electron chi connectivity index (χ0n) is 6.35. The van der Waals surface area contributed by atoms with Crippen LogP contribution in [0.25, 0.3) is 0 Å². The number of hydrogen-bond acceptors (Lipinski definition) is 2. The monoisotopic (exact) mass is 162 g/mol. The summed E-state index contributed by atoms with van der Waals surface area (Å²) >= 11 is 4.80. The van der Waals surface area contributed by atoms with Crippen LogP contribution in [0, 0.1) is 0 Å². The van der Waals surface area contributed by atoms with Crippen LogP contribution in [-0.2, 0) is 0 Å². The van der Waals surface area contributed by atoms with E-state index in [0.29, 0.717) is 5.11 Å². The Balaban J connectivity index is 3.12. The summed E-state index contributed by atoms with van der Waals surface area (Å²) in [5.74, 6) is 0. The van der Waals surface area contributed by atoms with E-state index >= 15 is 0 Å².